The lowest BCUT2D eigenvalue weighted by Gasteiger charge is -2.17. The molecule has 23 heavy (non-hydrogen) atoms. The molecular formula is C16H23N5O2. The highest BCUT2D eigenvalue weighted by Crippen LogP contribution is 2.31. The number of hydrogen-bond donors (Lipinski definition) is 1. The van der Waals surface area contributed by atoms with E-state index in [0.717, 1.165) is 30.8 Å². The Hall–Kier alpha value is -2.57. The van der Waals surface area contributed by atoms with Gasteiger partial charge in [0, 0.05) is 19.7 Å². The topological polar surface area (TPSA) is 72.4 Å². The van der Waals surface area contributed by atoms with Crippen LogP contribution in [0.3, 0.4) is 0 Å². The fraction of sp³-hybridized carbons (Fsp3) is 0.438. The molecule has 0 spiro atoms. The lowest BCUT2D eigenvalue weighted by molar-refractivity contribution is 0.405. The van der Waals surface area contributed by atoms with Crippen molar-refractivity contribution in [2.45, 2.75) is 19.8 Å². The first-order chi connectivity index (χ1) is 11.2. The van der Waals surface area contributed by atoms with Crippen LogP contribution < -0.4 is 19.7 Å². The zero-order valence-electron chi connectivity index (χ0n) is 14.0. The Morgan fingerprint density at radius 3 is 2.74 bits per heavy atom. The molecule has 0 saturated heterocycles. The van der Waals surface area contributed by atoms with Gasteiger partial charge < -0.3 is 19.7 Å². The van der Waals surface area contributed by atoms with Gasteiger partial charge in [-0.25, -0.2) is 0 Å². The van der Waals surface area contributed by atoms with Crippen LogP contribution in [-0.2, 0) is 0 Å². The van der Waals surface area contributed by atoms with E-state index in [1.54, 1.807) is 20.4 Å². The molecule has 124 valence electrons. The Bertz CT molecular complexity index is 636. The maximum atomic E-state index is 5.36. The van der Waals surface area contributed by atoms with Crippen LogP contribution in [0.25, 0.3) is 0 Å². The van der Waals surface area contributed by atoms with Crippen LogP contribution in [0.5, 0.6) is 11.5 Å². The Morgan fingerprint density at radius 2 is 2.04 bits per heavy atom. The summed E-state index contributed by atoms with van der Waals surface area (Å²) in [6.07, 6.45) is 3.79. The predicted molar refractivity (Wildman–Crippen MR) is 90.8 cm³/mol. The van der Waals surface area contributed by atoms with E-state index in [1.807, 2.05) is 30.1 Å². The van der Waals surface area contributed by atoms with E-state index in [1.165, 1.54) is 0 Å². The van der Waals surface area contributed by atoms with Gasteiger partial charge in [-0.2, -0.15) is 10.1 Å². The highest BCUT2D eigenvalue weighted by atomic mass is 16.5. The fourth-order valence-electron chi connectivity index (χ4n) is 2.06. The molecule has 0 unspecified atom stereocenters. The number of ether oxygens (including phenoxy) is 2. The summed E-state index contributed by atoms with van der Waals surface area (Å²) in [6, 6.07) is 5.53. The summed E-state index contributed by atoms with van der Waals surface area (Å²) in [6.45, 7) is 3.05. The SMILES string of the molecule is CCCCN(C)c1nncc(Nc2cc(OC)ccc2OC)n1. The molecule has 0 amide bonds. The number of methoxy groups -OCH3 is 2. The first kappa shape index (κ1) is 16.8. The quantitative estimate of drug-likeness (QED) is 0.802. The van der Waals surface area contributed by atoms with Crippen molar-refractivity contribution in [3.8, 4) is 11.5 Å². The van der Waals surface area contributed by atoms with Gasteiger partial charge in [-0.3, -0.25) is 0 Å². The van der Waals surface area contributed by atoms with Gasteiger partial charge in [0.2, 0.25) is 5.95 Å². The van der Waals surface area contributed by atoms with Crippen LogP contribution in [0.1, 0.15) is 19.8 Å². The first-order valence-electron chi connectivity index (χ1n) is 7.57. The third-order valence-corrected chi connectivity index (χ3v) is 3.41. The monoisotopic (exact) mass is 317 g/mol. The normalized spacial score (nSPS) is 10.3. The van der Waals surface area contributed by atoms with Gasteiger partial charge in [-0.05, 0) is 18.6 Å². The molecule has 0 aliphatic carbocycles. The summed E-state index contributed by atoms with van der Waals surface area (Å²) >= 11 is 0. The number of unbranched alkanes of at least 4 members (excludes halogenated alkanes) is 1. The minimum Gasteiger partial charge on any atom is -0.497 e. The maximum Gasteiger partial charge on any atom is 0.247 e. The van der Waals surface area contributed by atoms with Gasteiger partial charge in [-0.15, -0.1) is 5.10 Å². The fourth-order valence-corrected chi connectivity index (χ4v) is 2.06. The summed E-state index contributed by atoms with van der Waals surface area (Å²) < 4.78 is 10.6. The van der Waals surface area contributed by atoms with E-state index < -0.39 is 0 Å². The molecule has 0 atom stereocenters. The number of nitrogens with one attached hydrogen (secondary N) is 1. The number of nitrogens with zero attached hydrogens (tertiary/aromatic N) is 4. The van der Waals surface area contributed by atoms with Crippen LogP contribution in [0.15, 0.2) is 24.4 Å². The highest BCUT2D eigenvalue weighted by Gasteiger charge is 2.09. The van der Waals surface area contributed by atoms with Crippen molar-refractivity contribution in [1.82, 2.24) is 15.2 Å². The van der Waals surface area contributed by atoms with Crippen molar-refractivity contribution in [2.75, 3.05) is 38.0 Å². The zero-order chi connectivity index (χ0) is 16.7. The molecule has 0 radical (unpaired) electrons. The van der Waals surface area contributed by atoms with Crippen LogP contribution in [-0.4, -0.2) is 43.0 Å². The second-order valence-electron chi connectivity index (χ2n) is 5.11. The van der Waals surface area contributed by atoms with Gasteiger partial charge >= 0.3 is 0 Å². The minimum atomic E-state index is 0.588. The van der Waals surface area contributed by atoms with Gasteiger partial charge in [0.25, 0.3) is 0 Å². The van der Waals surface area contributed by atoms with Crippen molar-refractivity contribution in [1.29, 1.82) is 0 Å². The van der Waals surface area contributed by atoms with Crippen molar-refractivity contribution in [2.24, 2.45) is 0 Å². The molecular weight excluding hydrogens is 294 g/mol. The summed E-state index contributed by atoms with van der Waals surface area (Å²) in [7, 11) is 5.20. The molecule has 1 heterocycles. The van der Waals surface area contributed by atoms with Crippen LogP contribution in [0, 0.1) is 0 Å². The standard InChI is InChI=1S/C16H23N5O2/c1-5-6-9-21(2)16-19-15(11-17-20-16)18-13-10-12(22-3)7-8-14(13)23-4/h7-8,10-11H,5-6,9H2,1-4H3,(H,18,19,20). The molecule has 2 rings (SSSR count). The lowest BCUT2D eigenvalue weighted by atomic mass is 10.2. The van der Waals surface area contributed by atoms with E-state index >= 15 is 0 Å². The lowest BCUT2D eigenvalue weighted by Crippen LogP contribution is -2.21. The summed E-state index contributed by atoms with van der Waals surface area (Å²) in [5.41, 5.74) is 0.759. The molecule has 0 aliphatic heterocycles. The van der Waals surface area contributed by atoms with Crippen LogP contribution in [0.4, 0.5) is 17.5 Å². The van der Waals surface area contributed by atoms with Gasteiger partial charge in [0.05, 0.1) is 26.1 Å². The van der Waals surface area contributed by atoms with Crippen molar-refractivity contribution in [3.05, 3.63) is 24.4 Å². The molecule has 1 aromatic heterocycles. The van der Waals surface area contributed by atoms with Gasteiger partial charge in [0.15, 0.2) is 5.82 Å². The maximum absolute atomic E-state index is 5.36. The largest absolute Gasteiger partial charge is 0.497 e. The molecule has 7 heteroatoms. The van der Waals surface area contributed by atoms with Crippen LogP contribution >= 0.6 is 0 Å². The molecule has 2 aromatic rings. The van der Waals surface area contributed by atoms with Crippen LogP contribution in [0.2, 0.25) is 0 Å². The molecule has 0 fully saturated rings. The third-order valence-electron chi connectivity index (χ3n) is 3.41. The van der Waals surface area contributed by atoms with Crippen molar-refractivity contribution < 1.29 is 9.47 Å². The molecule has 7 nitrogen and oxygen atoms in total. The van der Waals surface area contributed by atoms with E-state index in [4.69, 9.17) is 9.47 Å². The average molecular weight is 317 g/mol. The van der Waals surface area contributed by atoms with Crippen molar-refractivity contribution in [3.63, 3.8) is 0 Å². The van der Waals surface area contributed by atoms with E-state index in [9.17, 15) is 0 Å². The first-order valence-corrected chi connectivity index (χ1v) is 7.57. The number of hydrogen-bond acceptors (Lipinski definition) is 7. The predicted octanol–water partition coefficient (Wildman–Crippen LogP) is 2.87. The second kappa shape index (κ2) is 8.17. The smallest absolute Gasteiger partial charge is 0.247 e. The van der Waals surface area contributed by atoms with E-state index in [0.29, 0.717) is 17.5 Å². The zero-order valence-corrected chi connectivity index (χ0v) is 14.0. The Morgan fingerprint density at radius 1 is 1.22 bits per heavy atom. The molecule has 0 aliphatic rings. The number of anilines is 3. The highest BCUT2D eigenvalue weighted by molar-refractivity contribution is 5.66. The molecule has 0 saturated carbocycles. The summed E-state index contributed by atoms with van der Waals surface area (Å²) in [4.78, 5) is 6.49. The van der Waals surface area contributed by atoms with E-state index in [-0.39, 0.29) is 0 Å². The number of rotatable bonds is 8. The molecule has 1 aromatic carbocycles. The Kier molecular flexibility index (Phi) is 5.96. The third kappa shape index (κ3) is 4.45. The number of benzene rings is 1. The Balaban J connectivity index is 2.20. The minimum absolute atomic E-state index is 0.588. The second-order valence-corrected chi connectivity index (χ2v) is 5.11. The number of aromatic nitrogens is 3. The van der Waals surface area contributed by atoms with Gasteiger partial charge in [0.1, 0.15) is 11.5 Å². The molecule has 1 N–H and O–H groups in total. The van der Waals surface area contributed by atoms with E-state index in [2.05, 4.69) is 27.4 Å². The molecule has 0 bridgehead atoms. The van der Waals surface area contributed by atoms with Gasteiger partial charge in [-0.1, -0.05) is 13.3 Å². The summed E-state index contributed by atoms with van der Waals surface area (Å²) in [5.74, 6) is 2.62. The Labute approximate surface area is 136 Å². The van der Waals surface area contributed by atoms with Crippen molar-refractivity contribution >= 4 is 17.5 Å². The average Bonchev–Trinajstić information content (AvgIpc) is 2.59. The summed E-state index contributed by atoms with van der Waals surface area (Å²) in [5, 5.41) is 11.3.